The normalized spacial score (nSPS) is 11.0. The van der Waals surface area contributed by atoms with Crippen LogP contribution in [-0.4, -0.2) is 24.0 Å². The number of rotatable bonds is 8. The predicted octanol–water partition coefficient (Wildman–Crippen LogP) is 6.44. The van der Waals surface area contributed by atoms with Crippen molar-refractivity contribution in [3.63, 3.8) is 0 Å². The highest BCUT2D eigenvalue weighted by Crippen LogP contribution is 2.32. The lowest BCUT2D eigenvalue weighted by atomic mass is 10.2. The zero-order valence-corrected chi connectivity index (χ0v) is 22.7. The zero-order valence-electron chi connectivity index (χ0n) is 19.6. The van der Waals surface area contributed by atoms with E-state index in [9.17, 15) is 14.4 Å². The van der Waals surface area contributed by atoms with E-state index in [1.54, 1.807) is 42.5 Å². The van der Waals surface area contributed by atoms with Gasteiger partial charge in [-0.25, -0.2) is 10.2 Å². The summed E-state index contributed by atoms with van der Waals surface area (Å²) in [5.41, 5.74) is 4.41. The van der Waals surface area contributed by atoms with Crippen molar-refractivity contribution in [3.8, 4) is 5.75 Å². The second-order valence-electron chi connectivity index (χ2n) is 7.68. The Hall–Kier alpha value is -4.28. The highest BCUT2D eigenvalue weighted by Gasteiger charge is 2.13. The zero-order chi connectivity index (χ0) is 26.9. The van der Waals surface area contributed by atoms with Crippen LogP contribution in [0.15, 0.2) is 110 Å². The molecule has 2 N–H and O–H groups in total. The number of carbonyl (C=O) groups excluding carboxylic acids is 3. The van der Waals surface area contributed by atoms with Crippen LogP contribution in [0, 0.1) is 0 Å². The average molecular weight is 637 g/mol. The molecule has 2 amide bonds. The molecule has 10 heteroatoms. The van der Waals surface area contributed by atoms with Gasteiger partial charge in [-0.1, -0.05) is 52.3 Å². The Kier molecular flexibility index (Phi) is 9.02. The smallest absolute Gasteiger partial charge is 0.336 e. The van der Waals surface area contributed by atoms with Crippen molar-refractivity contribution in [2.75, 3.05) is 5.32 Å². The Morgan fingerprint density at radius 3 is 2.47 bits per heavy atom. The monoisotopic (exact) mass is 635 g/mol. The minimum Gasteiger partial charge on any atom is -0.459 e. The molecule has 0 atom stereocenters. The minimum absolute atomic E-state index is 0.150. The van der Waals surface area contributed by atoms with Gasteiger partial charge in [-0.2, -0.15) is 5.10 Å². The van der Waals surface area contributed by atoms with Crippen molar-refractivity contribution in [2.24, 2.45) is 5.10 Å². The summed E-state index contributed by atoms with van der Waals surface area (Å²) in [6.45, 7) is 0. The van der Waals surface area contributed by atoms with Gasteiger partial charge in [0.15, 0.2) is 11.5 Å². The first-order chi connectivity index (χ1) is 18.4. The Bertz CT molecular complexity index is 1520. The number of hydrazone groups is 1. The van der Waals surface area contributed by atoms with Crippen LogP contribution in [0.3, 0.4) is 0 Å². The van der Waals surface area contributed by atoms with Crippen LogP contribution in [0.4, 0.5) is 5.69 Å². The summed E-state index contributed by atoms with van der Waals surface area (Å²) < 4.78 is 11.8. The SMILES string of the molecule is O=C(/C=C/c1ccccc1)Oc1c(Br)cc(Br)cc1C=NNC(=O)c1cccc(NC(=O)c2ccco2)c1. The molecule has 0 saturated carbocycles. The molecule has 1 heterocycles. The molecule has 0 radical (unpaired) electrons. The second-order valence-corrected chi connectivity index (χ2v) is 9.45. The fourth-order valence-electron chi connectivity index (χ4n) is 3.21. The molecular weight excluding hydrogens is 618 g/mol. The predicted molar refractivity (Wildman–Crippen MR) is 151 cm³/mol. The number of nitrogens with one attached hydrogen (secondary N) is 2. The van der Waals surface area contributed by atoms with Crippen molar-refractivity contribution < 1.29 is 23.5 Å². The third kappa shape index (κ3) is 7.37. The maximum absolute atomic E-state index is 12.6. The van der Waals surface area contributed by atoms with Crippen LogP contribution in [-0.2, 0) is 4.79 Å². The van der Waals surface area contributed by atoms with Crippen molar-refractivity contribution in [1.82, 2.24) is 5.43 Å². The van der Waals surface area contributed by atoms with Gasteiger partial charge >= 0.3 is 5.97 Å². The van der Waals surface area contributed by atoms with E-state index in [0.29, 0.717) is 20.2 Å². The molecule has 190 valence electrons. The van der Waals surface area contributed by atoms with Gasteiger partial charge < -0.3 is 14.5 Å². The lowest BCUT2D eigenvalue weighted by Crippen LogP contribution is -2.18. The van der Waals surface area contributed by atoms with Gasteiger partial charge in [-0.15, -0.1) is 0 Å². The molecule has 38 heavy (non-hydrogen) atoms. The van der Waals surface area contributed by atoms with Crippen LogP contribution in [0.2, 0.25) is 0 Å². The minimum atomic E-state index is -0.580. The number of benzene rings is 3. The number of hydrogen-bond donors (Lipinski definition) is 2. The van der Waals surface area contributed by atoms with Crippen LogP contribution >= 0.6 is 31.9 Å². The van der Waals surface area contributed by atoms with Gasteiger partial charge in [0.05, 0.1) is 17.0 Å². The molecule has 1 aromatic heterocycles. The summed E-state index contributed by atoms with van der Waals surface area (Å²) in [6, 6.07) is 22.3. The van der Waals surface area contributed by atoms with Crippen molar-refractivity contribution in [3.05, 3.63) is 123 Å². The Morgan fingerprint density at radius 2 is 1.71 bits per heavy atom. The number of halogens is 2. The Labute approximate surface area is 234 Å². The first kappa shape index (κ1) is 26.8. The van der Waals surface area contributed by atoms with E-state index in [0.717, 1.165) is 5.56 Å². The fraction of sp³-hybridized carbons (Fsp3) is 0. The molecule has 0 aliphatic heterocycles. The van der Waals surface area contributed by atoms with Crippen LogP contribution in [0.25, 0.3) is 6.08 Å². The highest BCUT2D eigenvalue weighted by molar-refractivity contribution is 9.11. The molecule has 0 bridgehead atoms. The lowest BCUT2D eigenvalue weighted by Gasteiger charge is -2.09. The molecule has 0 fully saturated rings. The van der Waals surface area contributed by atoms with Gasteiger partial charge in [-0.3, -0.25) is 9.59 Å². The summed E-state index contributed by atoms with van der Waals surface area (Å²) in [6.07, 6.45) is 5.73. The Balaban J connectivity index is 1.43. The summed E-state index contributed by atoms with van der Waals surface area (Å²) >= 11 is 6.80. The second kappa shape index (κ2) is 12.8. The topological polar surface area (TPSA) is 110 Å². The molecule has 0 spiro atoms. The summed E-state index contributed by atoms with van der Waals surface area (Å²) in [5.74, 6) is -1.14. The Morgan fingerprint density at radius 1 is 0.895 bits per heavy atom. The lowest BCUT2D eigenvalue weighted by molar-refractivity contribution is -0.128. The van der Waals surface area contributed by atoms with E-state index in [-0.39, 0.29) is 17.1 Å². The molecule has 4 aromatic rings. The number of nitrogens with zero attached hydrogens (tertiary/aromatic N) is 1. The molecule has 0 unspecified atom stereocenters. The first-order valence-corrected chi connectivity index (χ1v) is 12.7. The molecular formula is C28H19Br2N3O5. The van der Waals surface area contributed by atoms with Crippen molar-refractivity contribution in [1.29, 1.82) is 0 Å². The van der Waals surface area contributed by atoms with E-state index in [1.807, 2.05) is 30.3 Å². The maximum atomic E-state index is 12.6. The van der Waals surface area contributed by atoms with Gasteiger partial charge in [0.25, 0.3) is 11.8 Å². The number of esters is 1. The molecule has 8 nitrogen and oxygen atoms in total. The summed E-state index contributed by atoms with van der Waals surface area (Å²) in [4.78, 5) is 37.3. The molecule has 0 aliphatic rings. The van der Waals surface area contributed by atoms with Crippen molar-refractivity contribution >= 4 is 67.6 Å². The number of hydrogen-bond acceptors (Lipinski definition) is 6. The molecule has 4 rings (SSSR count). The molecule has 3 aromatic carbocycles. The third-order valence-electron chi connectivity index (χ3n) is 4.95. The number of ether oxygens (including phenoxy) is 1. The molecule has 0 aliphatic carbocycles. The maximum Gasteiger partial charge on any atom is 0.336 e. The van der Waals surface area contributed by atoms with E-state index in [1.165, 1.54) is 30.7 Å². The van der Waals surface area contributed by atoms with Gasteiger partial charge in [-0.05, 0) is 70.0 Å². The summed E-state index contributed by atoms with van der Waals surface area (Å²) in [5, 5.41) is 6.68. The largest absolute Gasteiger partial charge is 0.459 e. The quantitative estimate of drug-likeness (QED) is 0.0760. The highest BCUT2D eigenvalue weighted by atomic mass is 79.9. The van der Waals surface area contributed by atoms with Gasteiger partial charge in [0, 0.05) is 27.4 Å². The molecule has 0 saturated heterocycles. The van der Waals surface area contributed by atoms with Gasteiger partial charge in [0.2, 0.25) is 0 Å². The summed E-state index contributed by atoms with van der Waals surface area (Å²) in [7, 11) is 0. The van der Waals surface area contributed by atoms with E-state index >= 15 is 0 Å². The van der Waals surface area contributed by atoms with Crippen LogP contribution in [0.5, 0.6) is 5.75 Å². The standard InChI is InChI=1S/C28H19Br2N3O5/c29-21-14-20(26(23(30)16-21)38-25(34)12-11-18-6-2-1-3-7-18)17-31-33-27(35)19-8-4-9-22(15-19)32-28(36)24-10-5-13-37-24/h1-17H,(H,32,36)(H,33,35)/b12-11+,31-17?. The number of anilines is 1. The van der Waals surface area contributed by atoms with Crippen LogP contribution < -0.4 is 15.5 Å². The first-order valence-electron chi connectivity index (χ1n) is 11.1. The number of carbonyl (C=O) groups is 3. The van der Waals surface area contributed by atoms with Crippen LogP contribution in [0.1, 0.15) is 32.0 Å². The van der Waals surface area contributed by atoms with E-state index < -0.39 is 17.8 Å². The average Bonchev–Trinajstić information content (AvgIpc) is 3.45. The van der Waals surface area contributed by atoms with E-state index in [4.69, 9.17) is 9.15 Å². The van der Waals surface area contributed by atoms with E-state index in [2.05, 4.69) is 47.7 Å². The fourth-order valence-corrected chi connectivity index (χ4v) is 4.55. The number of amides is 2. The van der Waals surface area contributed by atoms with Gasteiger partial charge in [0.1, 0.15) is 0 Å². The third-order valence-corrected chi connectivity index (χ3v) is 6.00. The number of furan rings is 1. The van der Waals surface area contributed by atoms with Crippen molar-refractivity contribution in [2.45, 2.75) is 0 Å².